The average molecular weight is 291 g/mol. The molecule has 0 unspecified atom stereocenters. The van der Waals surface area contributed by atoms with Crippen LogP contribution in [0.2, 0.25) is 0 Å². The molecule has 0 radical (unpaired) electrons. The molecule has 6 heteroatoms. The molecule has 20 heavy (non-hydrogen) atoms. The molecule has 0 amide bonds. The molecule has 1 heterocycles. The summed E-state index contributed by atoms with van der Waals surface area (Å²) in [5.41, 5.74) is 7.95. The fourth-order valence-electron chi connectivity index (χ4n) is 1.79. The van der Waals surface area contributed by atoms with Crippen molar-refractivity contribution in [2.45, 2.75) is 19.2 Å². The summed E-state index contributed by atoms with van der Waals surface area (Å²) in [5, 5.41) is 0. The Morgan fingerprint density at radius 2 is 1.75 bits per heavy atom. The molecule has 5 nitrogen and oxygen atoms in total. The summed E-state index contributed by atoms with van der Waals surface area (Å²) in [4.78, 5) is 4.12. The van der Waals surface area contributed by atoms with Crippen molar-refractivity contribution < 1.29 is 8.42 Å². The Morgan fingerprint density at radius 3 is 2.35 bits per heavy atom. The van der Waals surface area contributed by atoms with Crippen molar-refractivity contribution in [2.24, 2.45) is 5.73 Å². The first-order valence-electron chi connectivity index (χ1n) is 6.20. The normalized spacial score (nSPS) is 11.3. The fraction of sp³-hybridized carbons (Fsp3) is 0.214. The Kier molecular flexibility index (Phi) is 4.36. The highest BCUT2D eigenvalue weighted by molar-refractivity contribution is 7.91. The number of nitrogens with one attached hydrogen (secondary N) is 1. The Balaban J connectivity index is 2.10. The maximum absolute atomic E-state index is 12.1. The van der Waals surface area contributed by atoms with Crippen LogP contribution in [0, 0.1) is 6.92 Å². The van der Waals surface area contributed by atoms with Gasteiger partial charge < -0.3 is 5.73 Å². The molecule has 1 aromatic heterocycles. The Morgan fingerprint density at radius 1 is 1.10 bits per heavy atom. The monoisotopic (exact) mass is 291 g/mol. The van der Waals surface area contributed by atoms with E-state index >= 15 is 0 Å². The molecule has 106 valence electrons. The summed E-state index contributed by atoms with van der Waals surface area (Å²) in [7, 11) is -3.47. The third kappa shape index (κ3) is 4.04. The minimum atomic E-state index is -3.47. The largest absolute Gasteiger partial charge is 0.326 e. The Bertz CT molecular complexity index is 682. The van der Waals surface area contributed by atoms with Gasteiger partial charge in [0.1, 0.15) is 5.82 Å². The molecule has 0 aliphatic carbocycles. The summed E-state index contributed by atoms with van der Waals surface area (Å²) in [6.07, 6.45) is 0. The zero-order valence-electron chi connectivity index (χ0n) is 11.2. The summed E-state index contributed by atoms with van der Waals surface area (Å²) < 4.78 is 26.6. The molecule has 3 N–H and O–H groups in total. The first kappa shape index (κ1) is 14.5. The highest BCUT2D eigenvalue weighted by atomic mass is 32.2. The van der Waals surface area contributed by atoms with Crippen molar-refractivity contribution in [2.75, 3.05) is 4.72 Å². The number of hydrogen-bond donors (Lipinski definition) is 2. The lowest BCUT2D eigenvalue weighted by Gasteiger charge is -2.08. The molecule has 0 spiro atoms. The van der Waals surface area contributed by atoms with Crippen molar-refractivity contribution >= 4 is 15.8 Å². The number of aryl methyl sites for hydroxylation is 1. The number of hydrogen-bond acceptors (Lipinski definition) is 4. The second kappa shape index (κ2) is 6.02. The van der Waals surface area contributed by atoms with Crippen LogP contribution in [0.1, 0.15) is 16.8 Å². The molecule has 0 saturated carbocycles. The van der Waals surface area contributed by atoms with Crippen LogP contribution in [0.15, 0.2) is 42.5 Å². The van der Waals surface area contributed by atoms with Crippen LogP contribution in [0.25, 0.3) is 0 Å². The minimum Gasteiger partial charge on any atom is -0.326 e. The molecule has 0 aliphatic rings. The van der Waals surface area contributed by atoms with E-state index in [0.29, 0.717) is 17.9 Å². The SMILES string of the molecule is Cc1cccc(NS(=O)(=O)Cc2ccc(CN)cc2)n1. The van der Waals surface area contributed by atoms with E-state index in [0.717, 1.165) is 11.3 Å². The van der Waals surface area contributed by atoms with E-state index in [-0.39, 0.29) is 5.75 Å². The lowest BCUT2D eigenvalue weighted by Crippen LogP contribution is -2.16. The molecule has 0 atom stereocenters. The van der Waals surface area contributed by atoms with Crippen molar-refractivity contribution in [3.05, 3.63) is 59.3 Å². The quantitative estimate of drug-likeness (QED) is 0.879. The molecule has 2 aromatic rings. The van der Waals surface area contributed by atoms with Crippen LogP contribution in [0.4, 0.5) is 5.82 Å². The van der Waals surface area contributed by atoms with Gasteiger partial charge in [-0.25, -0.2) is 13.4 Å². The second-order valence-electron chi connectivity index (χ2n) is 4.55. The van der Waals surface area contributed by atoms with E-state index in [9.17, 15) is 8.42 Å². The van der Waals surface area contributed by atoms with E-state index < -0.39 is 10.0 Å². The first-order valence-corrected chi connectivity index (χ1v) is 7.86. The van der Waals surface area contributed by atoms with Gasteiger partial charge in [-0.05, 0) is 30.2 Å². The number of nitrogens with two attached hydrogens (primary N) is 1. The summed E-state index contributed by atoms with van der Waals surface area (Å²) in [5.74, 6) is 0.247. The Labute approximate surface area is 118 Å². The van der Waals surface area contributed by atoms with Gasteiger partial charge in [0.2, 0.25) is 10.0 Å². The van der Waals surface area contributed by atoms with E-state index in [1.165, 1.54) is 0 Å². The van der Waals surface area contributed by atoms with Crippen LogP contribution in [0.3, 0.4) is 0 Å². The van der Waals surface area contributed by atoms with E-state index in [2.05, 4.69) is 9.71 Å². The summed E-state index contributed by atoms with van der Waals surface area (Å²) >= 11 is 0. The van der Waals surface area contributed by atoms with E-state index in [1.807, 2.05) is 25.1 Å². The smallest absolute Gasteiger partial charge is 0.238 e. The molecular weight excluding hydrogens is 274 g/mol. The highest BCUT2D eigenvalue weighted by Crippen LogP contribution is 2.12. The number of aromatic nitrogens is 1. The maximum Gasteiger partial charge on any atom is 0.238 e. The van der Waals surface area contributed by atoms with E-state index in [4.69, 9.17) is 5.73 Å². The van der Waals surface area contributed by atoms with Gasteiger partial charge in [-0.3, -0.25) is 4.72 Å². The maximum atomic E-state index is 12.1. The summed E-state index contributed by atoms with van der Waals surface area (Å²) in [6.45, 7) is 2.25. The van der Waals surface area contributed by atoms with Crippen LogP contribution in [-0.2, 0) is 22.3 Å². The number of benzene rings is 1. The zero-order valence-corrected chi connectivity index (χ0v) is 12.0. The lowest BCUT2D eigenvalue weighted by molar-refractivity contribution is 0.600. The van der Waals surface area contributed by atoms with Crippen molar-refractivity contribution in [3.63, 3.8) is 0 Å². The molecule has 1 aromatic carbocycles. The van der Waals surface area contributed by atoms with Gasteiger partial charge in [0.05, 0.1) is 5.75 Å². The Hall–Kier alpha value is -1.92. The van der Waals surface area contributed by atoms with Crippen LogP contribution in [0.5, 0.6) is 0 Å². The predicted octanol–water partition coefficient (Wildman–Crippen LogP) is 1.79. The molecule has 0 aliphatic heterocycles. The number of sulfonamides is 1. The molecule has 0 bridgehead atoms. The number of pyridine rings is 1. The molecule has 0 saturated heterocycles. The standard InChI is InChI=1S/C14H17N3O2S/c1-11-3-2-4-14(16-11)17-20(18,19)10-13-7-5-12(9-15)6-8-13/h2-8H,9-10,15H2,1H3,(H,16,17). The van der Waals surface area contributed by atoms with E-state index in [1.54, 1.807) is 24.3 Å². The number of anilines is 1. The fourth-order valence-corrected chi connectivity index (χ4v) is 2.92. The van der Waals surface area contributed by atoms with Crippen molar-refractivity contribution in [1.29, 1.82) is 0 Å². The third-order valence-electron chi connectivity index (χ3n) is 2.76. The predicted molar refractivity (Wildman–Crippen MR) is 79.6 cm³/mol. The highest BCUT2D eigenvalue weighted by Gasteiger charge is 2.12. The lowest BCUT2D eigenvalue weighted by atomic mass is 10.1. The summed E-state index contributed by atoms with van der Waals surface area (Å²) in [6, 6.07) is 12.4. The topological polar surface area (TPSA) is 85.1 Å². The van der Waals surface area contributed by atoms with Gasteiger partial charge in [-0.1, -0.05) is 30.3 Å². The van der Waals surface area contributed by atoms with Crippen molar-refractivity contribution in [1.82, 2.24) is 4.98 Å². The molecular formula is C14H17N3O2S. The number of nitrogens with zero attached hydrogens (tertiary/aromatic N) is 1. The van der Waals surface area contributed by atoms with Gasteiger partial charge >= 0.3 is 0 Å². The molecule has 0 fully saturated rings. The first-order chi connectivity index (χ1) is 9.48. The van der Waals surface area contributed by atoms with Crippen LogP contribution >= 0.6 is 0 Å². The van der Waals surface area contributed by atoms with Crippen LogP contribution in [-0.4, -0.2) is 13.4 Å². The average Bonchev–Trinajstić information content (AvgIpc) is 2.38. The second-order valence-corrected chi connectivity index (χ2v) is 6.27. The van der Waals surface area contributed by atoms with Crippen molar-refractivity contribution in [3.8, 4) is 0 Å². The number of rotatable bonds is 5. The van der Waals surface area contributed by atoms with Gasteiger partial charge in [-0.2, -0.15) is 0 Å². The van der Waals surface area contributed by atoms with Crippen LogP contribution < -0.4 is 10.5 Å². The van der Waals surface area contributed by atoms with Gasteiger partial charge in [0.15, 0.2) is 0 Å². The molecule has 2 rings (SSSR count). The van der Waals surface area contributed by atoms with Gasteiger partial charge in [0, 0.05) is 12.2 Å². The zero-order chi connectivity index (χ0) is 14.6. The van der Waals surface area contributed by atoms with Gasteiger partial charge in [0.25, 0.3) is 0 Å². The third-order valence-corrected chi connectivity index (χ3v) is 4.00. The minimum absolute atomic E-state index is 0.0898. The van der Waals surface area contributed by atoms with Gasteiger partial charge in [-0.15, -0.1) is 0 Å².